The second-order valence-corrected chi connectivity index (χ2v) is 9.63. The Labute approximate surface area is 181 Å². The maximum absolute atomic E-state index is 13.0. The molecular formula is C21H24ClN3O4S. The van der Waals surface area contributed by atoms with Gasteiger partial charge in [-0.15, -0.1) is 0 Å². The summed E-state index contributed by atoms with van der Waals surface area (Å²) in [4.78, 5) is 23.9. The third-order valence-corrected chi connectivity index (χ3v) is 7.08. The van der Waals surface area contributed by atoms with Gasteiger partial charge in [-0.1, -0.05) is 23.7 Å². The molecule has 30 heavy (non-hydrogen) atoms. The Hall–Kier alpha value is -2.42. The van der Waals surface area contributed by atoms with E-state index in [-0.39, 0.29) is 23.3 Å². The van der Waals surface area contributed by atoms with Gasteiger partial charge in [0.05, 0.1) is 10.8 Å². The van der Waals surface area contributed by atoms with E-state index in [9.17, 15) is 18.0 Å². The lowest BCUT2D eigenvalue weighted by molar-refractivity contribution is -0.126. The Kier molecular flexibility index (Phi) is 7.12. The first kappa shape index (κ1) is 22.3. The van der Waals surface area contributed by atoms with E-state index in [1.807, 2.05) is 12.1 Å². The summed E-state index contributed by atoms with van der Waals surface area (Å²) in [5.74, 6) is -0.792. The summed E-state index contributed by atoms with van der Waals surface area (Å²) in [5.41, 5.74) is 1.45. The fourth-order valence-electron chi connectivity index (χ4n) is 3.37. The fraction of sp³-hybridized carbons (Fsp3) is 0.333. The Morgan fingerprint density at radius 1 is 1.10 bits per heavy atom. The minimum Gasteiger partial charge on any atom is -0.352 e. The van der Waals surface area contributed by atoms with Gasteiger partial charge < -0.3 is 10.6 Å². The highest BCUT2D eigenvalue weighted by Crippen LogP contribution is 2.25. The number of anilines is 1. The van der Waals surface area contributed by atoms with Gasteiger partial charge in [0.2, 0.25) is 21.8 Å². The van der Waals surface area contributed by atoms with Crippen LogP contribution in [0.15, 0.2) is 53.4 Å². The van der Waals surface area contributed by atoms with Crippen molar-refractivity contribution in [3.05, 3.63) is 59.1 Å². The number of nitrogens with zero attached hydrogens (tertiary/aromatic N) is 1. The molecule has 2 N–H and O–H groups in total. The van der Waals surface area contributed by atoms with Crippen molar-refractivity contribution in [1.82, 2.24) is 9.62 Å². The molecular weight excluding hydrogens is 426 g/mol. The summed E-state index contributed by atoms with van der Waals surface area (Å²) in [6.07, 6.45) is 1.25. The molecule has 0 bridgehead atoms. The van der Waals surface area contributed by atoms with Crippen LogP contribution in [0.3, 0.4) is 0 Å². The molecule has 0 saturated carbocycles. The van der Waals surface area contributed by atoms with Crippen LogP contribution in [0.4, 0.5) is 5.69 Å². The summed E-state index contributed by atoms with van der Waals surface area (Å²) in [5, 5.41) is 6.12. The number of amides is 2. The molecule has 0 radical (unpaired) electrons. The van der Waals surface area contributed by atoms with Gasteiger partial charge in [-0.05, 0) is 54.8 Å². The quantitative estimate of drug-likeness (QED) is 0.708. The summed E-state index contributed by atoms with van der Waals surface area (Å²) in [7, 11) is -3.72. The van der Waals surface area contributed by atoms with E-state index in [1.54, 1.807) is 24.3 Å². The Bertz CT molecular complexity index is 1010. The lowest BCUT2D eigenvalue weighted by Crippen LogP contribution is -2.45. The highest BCUT2D eigenvalue weighted by molar-refractivity contribution is 7.89. The van der Waals surface area contributed by atoms with Crippen LogP contribution < -0.4 is 10.6 Å². The van der Waals surface area contributed by atoms with Gasteiger partial charge in [0, 0.05) is 37.3 Å². The number of piperidine rings is 1. The normalized spacial score (nSPS) is 17.3. The molecule has 2 aromatic rings. The molecule has 7 nitrogen and oxygen atoms in total. The molecule has 0 unspecified atom stereocenters. The van der Waals surface area contributed by atoms with Crippen molar-refractivity contribution in [2.75, 3.05) is 18.4 Å². The molecule has 2 amide bonds. The van der Waals surface area contributed by atoms with Gasteiger partial charge in [0.1, 0.15) is 0 Å². The minimum absolute atomic E-state index is 0.138. The highest BCUT2D eigenvalue weighted by Gasteiger charge is 2.33. The van der Waals surface area contributed by atoms with E-state index in [1.165, 1.54) is 23.4 Å². The maximum Gasteiger partial charge on any atom is 0.243 e. The van der Waals surface area contributed by atoms with Crippen molar-refractivity contribution < 1.29 is 18.0 Å². The van der Waals surface area contributed by atoms with Crippen LogP contribution >= 0.6 is 11.6 Å². The smallest absolute Gasteiger partial charge is 0.243 e. The van der Waals surface area contributed by atoms with E-state index in [2.05, 4.69) is 10.6 Å². The molecule has 1 atom stereocenters. The Morgan fingerprint density at radius 2 is 1.77 bits per heavy atom. The molecule has 2 aromatic carbocycles. The molecule has 0 aromatic heterocycles. The SMILES string of the molecule is CC(=O)Nc1ccc(S(=O)(=O)N2CCC[C@H](C(=O)NCc3ccc(Cl)cc3)C2)cc1. The number of carbonyl (C=O) groups excluding carboxylic acids is 2. The Morgan fingerprint density at radius 3 is 2.40 bits per heavy atom. The van der Waals surface area contributed by atoms with E-state index in [0.717, 1.165) is 5.56 Å². The van der Waals surface area contributed by atoms with Crippen LogP contribution in [0.5, 0.6) is 0 Å². The van der Waals surface area contributed by atoms with Crippen LogP contribution in [-0.2, 0) is 26.2 Å². The zero-order valence-corrected chi connectivity index (χ0v) is 18.2. The number of carbonyl (C=O) groups is 2. The van der Waals surface area contributed by atoms with Crippen molar-refractivity contribution in [3.8, 4) is 0 Å². The lowest BCUT2D eigenvalue weighted by atomic mass is 9.99. The van der Waals surface area contributed by atoms with Gasteiger partial charge in [-0.3, -0.25) is 9.59 Å². The summed E-state index contributed by atoms with van der Waals surface area (Å²) < 4.78 is 27.3. The summed E-state index contributed by atoms with van der Waals surface area (Å²) in [6, 6.07) is 13.2. The van der Waals surface area contributed by atoms with Gasteiger partial charge in [0.15, 0.2) is 0 Å². The zero-order valence-electron chi connectivity index (χ0n) is 16.6. The zero-order chi connectivity index (χ0) is 21.7. The first-order valence-corrected chi connectivity index (χ1v) is 11.5. The standard InChI is InChI=1S/C21H24ClN3O4S/c1-15(26)24-19-8-10-20(11-9-19)30(28,29)25-12-2-3-17(14-25)21(27)23-13-16-4-6-18(22)7-5-16/h4-11,17H,2-3,12-14H2,1H3,(H,23,27)(H,24,26)/t17-/m0/s1. The van der Waals surface area contributed by atoms with E-state index in [0.29, 0.717) is 36.6 Å². The minimum atomic E-state index is -3.72. The lowest BCUT2D eigenvalue weighted by Gasteiger charge is -2.31. The number of sulfonamides is 1. The van der Waals surface area contributed by atoms with Crippen LogP contribution in [0, 0.1) is 5.92 Å². The largest absolute Gasteiger partial charge is 0.352 e. The molecule has 1 heterocycles. The molecule has 1 aliphatic heterocycles. The predicted molar refractivity (Wildman–Crippen MR) is 116 cm³/mol. The maximum atomic E-state index is 13.0. The van der Waals surface area contributed by atoms with Crippen LogP contribution in [0.25, 0.3) is 0 Å². The second kappa shape index (κ2) is 9.59. The first-order valence-electron chi connectivity index (χ1n) is 9.65. The van der Waals surface area contributed by atoms with Crippen molar-refractivity contribution in [2.24, 2.45) is 5.92 Å². The van der Waals surface area contributed by atoms with Gasteiger partial charge in [-0.25, -0.2) is 8.42 Å². The molecule has 1 fully saturated rings. The topological polar surface area (TPSA) is 95.6 Å². The van der Waals surface area contributed by atoms with Crippen LogP contribution in [0.1, 0.15) is 25.3 Å². The second-order valence-electron chi connectivity index (χ2n) is 7.25. The number of halogens is 1. The monoisotopic (exact) mass is 449 g/mol. The molecule has 3 rings (SSSR count). The number of hydrogen-bond acceptors (Lipinski definition) is 4. The van der Waals surface area contributed by atoms with Gasteiger partial charge >= 0.3 is 0 Å². The number of rotatable bonds is 6. The van der Waals surface area contributed by atoms with E-state index in [4.69, 9.17) is 11.6 Å². The molecule has 0 spiro atoms. The molecule has 1 aliphatic rings. The van der Waals surface area contributed by atoms with Crippen molar-refractivity contribution in [1.29, 1.82) is 0 Å². The highest BCUT2D eigenvalue weighted by atomic mass is 35.5. The van der Waals surface area contributed by atoms with Gasteiger partial charge in [-0.2, -0.15) is 4.31 Å². The van der Waals surface area contributed by atoms with Gasteiger partial charge in [0.25, 0.3) is 0 Å². The molecule has 9 heteroatoms. The molecule has 1 saturated heterocycles. The molecule has 160 valence electrons. The molecule has 0 aliphatic carbocycles. The number of hydrogen-bond donors (Lipinski definition) is 2. The van der Waals surface area contributed by atoms with Crippen LogP contribution in [-0.4, -0.2) is 37.6 Å². The number of nitrogens with one attached hydrogen (secondary N) is 2. The predicted octanol–water partition coefficient (Wildman–Crippen LogP) is 3.02. The Balaban J connectivity index is 1.63. The van der Waals surface area contributed by atoms with E-state index < -0.39 is 15.9 Å². The first-order chi connectivity index (χ1) is 14.3. The number of benzene rings is 2. The average Bonchev–Trinajstić information content (AvgIpc) is 2.73. The average molecular weight is 450 g/mol. The van der Waals surface area contributed by atoms with Crippen molar-refractivity contribution >= 4 is 39.1 Å². The third-order valence-electron chi connectivity index (χ3n) is 4.95. The third kappa shape index (κ3) is 5.59. The summed E-state index contributed by atoms with van der Waals surface area (Å²) in [6.45, 7) is 2.26. The summed E-state index contributed by atoms with van der Waals surface area (Å²) >= 11 is 5.87. The van der Waals surface area contributed by atoms with Crippen LogP contribution in [0.2, 0.25) is 5.02 Å². The van der Waals surface area contributed by atoms with E-state index >= 15 is 0 Å². The van der Waals surface area contributed by atoms with Crippen molar-refractivity contribution in [3.63, 3.8) is 0 Å². The fourth-order valence-corrected chi connectivity index (χ4v) is 5.02. The van der Waals surface area contributed by atoms with Crippen molar-refractivity contribution in [2.45, 2.75) is 31.2 Å².